The van der Waals surface area contributed by atoms with E-state index in [1.54, 1.807) is 0 Å². The molecule has 0 aliphatic heterocycles. The van der Waals surface area contributed by atoms with E-state index in [-0.39, 0.29) is 12.1 Å². The van der Waals surface area contributed by atoms with Gasteiger partial charge in [0.1, 0.15) is 6.54 Å². The van der Waals surface area contributed by atoms with Crippen LogP contribution in [0.15, 0.2) is 30.3 Å². The molecule has 0 saturated carbocycles. The van der Waals surface area contributed by atoms with Crippen LogP contribution < -0.4 is 5.32 Å². The molecule has 1 aromatic rings. The molecule has 0 aliphatic rings. The first-order valence-electron chi connectivity index (χ1n) is 14.8. The van der Waals surface area contributed by atoms with Crippen LogP contribution in [0.25, 0.3) is 0 Å². The van der Waals surface area contributed by atoms with Gasteiger partial charge in [0, 0.05) is 18.9 Å². The molecular formula is C31H57N2O+. The van der Waals surface area contributed by atoms with Crippen molar-refractivity contribution in [3.63, 3.8) is 0 Å². The summed E-state index contributed by atoms with van der Waals surface area (Å²) in [5, 5.41) is 3.33. The Morgan fingerprint density at radius 3 is 1.59 bits per heavy atom. The minimum Gasteiger partial charge on any atom is -0.307 e. The molecule has 1 amide bonds. The van der Waals surface area contributed by atoms with Gasteiger partial charge in [-0.2, -0.15) is 0 Å². The number of quaternary nitrogens is 1. The van der Waals surface area contributed by atoms with Crippen LogP contribution in [0.1, 0.15) is 136 Å². The van der Waals surface area contributed by atoms with Crippen molar-refractivity contribution in [3.8, 4) is 0 Å². The van der Waals surface area contributed by atoms with Crippen molar-refractivity contribution in [2.75, 3.05) is 13.1 Å². The van der Waals surface area contributed by atoms with Crippen LogP contribution in [0.3, 0.4) is 0 Å². The molecular weight excluding hydrogens is 416 g/mol. The van der Waals surface area contributed by atoms with Crippen molar-refractivity contribution in [2.24, 2.45) is 0 Å². The molecule has 1 rings (SSSR count). The number of nitrogens with one attached hydrogen (secondary N) is 1. The quantitative estimate of drug-likeness (QED) is 0.102. The first kappa shape index (κ1) is 30.7. The zero-order valence-electron chi connectivity index (χ0n) is 23.3. The van der Waals surface area contributed by atoms with Gasteiger partial charge in [-0.05, 0) is 20.3 Å². The molecule has 0 aromatic heterocycles. The van der Waals surface area contributed by atoms with E-state index in [0.29, 0.717) is 6.42 Å². The predicted molar refractivity (Wildman–Crippen MR) is 149 cm³/mol. The average molecular weight is 474 g/mol. The molecule has 3 nitrogen and oxygen atoms in total. The molecule has 0 fully saturated rings. The van der Waals surface area contributed by atoms with Gasteiger partial charge in [0.2, 0.25) is 5.91 Å². The van der Waals surface area contributed by atoms with E-state index in [1.807, 2.05) is 0 Å². The van der Waals surface area contributed by atoms with Crippen LogP contribution in [0.2, 0.25) is 0 Å². The fourth-order valence-electron chi connectivity index (χ4n) is 5.18. The fraction of sp³-hybridized carbons (Fsp3) is 0.774. The van der Waals surface area contributed by atoms with Crippen LogP contribution in [-0.4, -0.2) is 29.6 Å². The SMILES string of the molecule is CCCCCCCCCCCCCCCCCC(=O)NC(C)[N+](CC)(CC)Cc1ccccc1. The maximum atomic E-state index is 12.6. The average Bonchev–Trinajstić information content (AvgIpc) is 2.85. The van der Waals surface area contributed by atoms with E-state index in [9.17, 15) is 4.79 Å². The Hall–Kier alpha value is -1.35. The molecule has 0 bridgehead atoms. The minimum atomic E-state index is 0.138. The largest absolute Gasteiger partial charge is 0.307 e. The highest BCUT2D eigenvalue weighted by Crippen LogP contribution is 2.19. The van der Waals surface area contributed by atoms with Crippen molar-refractivity contribution in [1.82, 2.24) is 5.32 Å². The van der Waals surface area contributed by atoms with Gasteiger partial charge in [-0.3, -0.25) is 4.79 Å². The van der Waals surface area contributed by atoms with Crippen molar-refractivity contribution in [2.45, 2.75) is 143 Å². The van der Waals surface area contributed by atoms with Gasteiger partial charge in [-0.1, -0.05) is 127 Å². The summed E-state index contributed by atoms with van der Waals surface area (Å²) >= 11 is 0. The van der Waals surface area contributed by atoms with Crippen LogP contribution in [0.5, 0.6) is 0 Å². The first-order valence-corrected chi connectivity index (χ1v) is 14.8. The first-order chi connectivity index (χ1) is 16.6. The summed E-state index contributed by atoms with van der Waals surface area (Å²) < 4.78 is 0.897. The van der Waals surface area contributed by atoms with Gasteiger partial charge in [0.15, 0.2) is 6.17 Å². The van der Waals surface area contributed by atoms with E-state index in [2.05, 4.69) is 63.3 Å². The lowest BCUT2D eigenvalue weighted by Crippen LogP contribution is -2.60. The number of carbonyl (C=O) groups is 1. The van der Waals surface area contributed by atoms with E-state index in [1.165, 1.54) is 95.5 Å². The Labute approximate surface area is 212 Å². The van der Waals surface area contributed by atoms with Crippen molar-refractivity contribution < 1.29 is 9.28 Å². The number of benzene rings is 1. The third kappa shape index (κ3) is 13.5. The zero-order chi connectivity index (χ0) is 24.9. The molecule has 34 heavy (non-hydrogen) atoms. The topological polar surface area (TPSA) is 29.1 Å². The van der Waals surface area contributed by atoms with Crippen LogP contribution >= 0.6 is 0 Å². The lowest BCUT2D eigenvalue weighted by Gasteiger charge is -2.42. The summed E-state index contributed by atoms with van der Waals surface area (Å²) in [5.74, 6) is 0.222. The highest BCUT2D eigenvalue weighted by atomic mass is 16.1. The maximum absolute atomic E-state index is 12.6. The zero-order valence-corrected chi connectivity index (χ0v) is 23.3. The third-order valence-electron chi connectivity index (χ3n) is 7.80. The molecule has 0 spiro atoms. The normalized spacial score (nSPS) is 12.6. The van der Waals surface area contributed by atoms with Gasteiger partial charge in [-0.25, -0.2) is 0 Å². The lowest BCUT2D eigenvalue weighted by atomic mass is 10.0. The third-order valence-corrected chi connectivity index (χ3v) is 7.80. The molecule has 0 saturated heterocycles. The van der Waals surface area contributed by atoms with E-state index < -0.39 is 0 Å². The number of nitrogens with zero attached hydrogens (tertiary/aromatic N) is 1. The smallest absolute Gasteiger partial charge is 0.224 e. The summed E-state index contributed by atoms with van der Waals surface area (Å²) in [4.78, 5) is 12.6. The van der Waals surface area contributed by atoms with E-state index >= 15 is 0 Å². The van der Waals surface area contributed by atoms with Gasteiger partial charge in [-0.15, -0.1) is 0 Å². The monoisotopic (exact) mass is 473 g/mol. The molecule has 1 unspecified atom stereocenters. The van der Waals surface area contributed by atoms with E-state index in [0.717, 1.165) is 30.5 Å². The molecule has 0 radical (unpaired) electrons. The van der Waals surface area contributed by atoms with Gasteiger partial charge in [0.05, 0.1) is 13.1 Å². The number of unbranched alkanes of at least 4 members (excludes halogenated alkanes) is 14. The summed E-state index contributed by atoms with van der Waals surface area (Å²) in [6.45, 7) is 12.0. The summed E-state index contributed by atoms with van der Waals surface area (Å²) in [7, 11) is 0. The highest BCUT2D eigenvalue weighted by molar-refractivity contribution is 5.75. The Morgan fingerprint density at radius 1 is 0.706 bits per heavy atom. The lowest BCUT2D eigenvalue weighted by molar-refractivity contribution is -0.961. The molecule has 1 N–H and O–H groups in total. The summed E-state index contributed by atoms with van der Waals surface area (Å²) in [6.07, 6.45) is 21.2. The molecule has 0 aliphatic carbocycles. The van der Waals surface area contributed by atoms with Gasteiger partial charge >= 0.3 is 0 Å². The molecule has 196 valence electrons. The Kier molecular flexibility index (Phi) is 18.0. The number of hydrogen-bond donors (Lipinski definition) is 1. The minimum absolute atomic E-state index is 0.138. The van der Waals surface area contributed by atoms with Gasteiger partial charge in [0.25, 0.3) is 0 Å². The van der Waals surface area contributed by atoms with Crippen LogP contribution in [0.4, 0.5) is 0 Å². The maximum Gasteiger partial charge on any atom is 0.224 e. The number of amides is 1. The van der Waals surface area contributed by atoms with Crippen molar-refractivity contribution in [3.05, 3.63) is 35.9 Å². The molecule has 0 heterocycles. The molecule has 1 atom stereocenters. The number of rotatable bonds is 22. The van der Waals surface area contributed by atoms with Crippen LogP contribution in [-0.2, 0) is 11.3 Å². The fourth-order valence-corrected chi connectivity index (χ4v) is 5.18. The number of hydrogen-bond acceptors (Lipinski definition) is 1. The number of carbonyl (C=O) groups excluding carboxylic acids is 1. The predicted octanol–water partition coefficient (Wildman–Crippen LogP) is 8.77. The van der Waals surface area contributed by atoms with E-state index in [4.69, 9.17) is 0 Å². The summed E-state index contributed by atoms with van der Waals surface area (Å²) in [5.41, 5.74) is 1.34. The Morgan fingerprint density at radius 2 is 1.15 bits per heavy atom. The van der Waals surface area contributed by atoms with Gasteiger partial charge < -0.3 is 9.80 Å². The molecule has 3 heteroatoms. The Balaban J connectivity index is 2.08. The second-order valence-corrected chi connectivity index (χ2v) is 10.4. The second-order valence-electron chi connectivity index (χ2n) is 10.4. The highest BCUT2D eigenvalue weighted by Gasteiger charge is 2.31. The molecule has 1 aromatic carbocycles. The van der Waals surface area contributed by atoms with Crippen LogP contribution in [0, 0.1) is 0 Å². The van der Waals surface area contributed by atoms with Crippen molar-refractivity contribution >= 4 is 5.91 Å². The Bertz CT molecular complexity index is 597. The second kappa shape index (κ2) is 19.9. The standard InChI is InChI=1S/C31H56N2O/c1-5-8-9-10-11-12-13-14-15-16-17-18-19-20-24-27-31(34)32-29(4)33(6-2,7-3)28-30-25-22-21-23-26-30/h21-23,25-26,29H,5-20,24,27-28H2,1-4H3/p+1. The summed E-state index contributed by atoms with van der Waals surface area (Å²) in [6, 6.07) is 10.7. The van der Waals surface area contributed by atoms with Crippen molar-refractivity contribution in [1.29, 1.82) is 0 Å².